The first-order chi connectivity index (χ1) is 8.08. The Balaban J connectivity index is 2.21. The van der Waals surface area contributed by atoms with Crippen molar-refractivity contribution in [2.75, 3.05) is 6.54 Å². The van der Waals surface area contributed by atoms with E-state index in [9.17, 15) is 4.79 Å². The maximum Gasteiger partial charge on any atom is 0.220 e. The minimum atomic E-state index is 0.0700. The summed E-state index contributed by atoms with van der Waals surface area (Å²) in [5.41, 5.74) is 6.72. The van der Waals surface area contributed by atoms with Crippen molar-refractivity contribution in [2.45, 2.75) is 32.2 Å². The Bertz CT molecular complexity index is 349. The van der Waals surface area contributed by atoms with Crippen LogP contribution in [0.2, 0.25) is 5.02 Å². The summed E-state index contributed by atoms with van der Waals surface area (Å²) in [6.07, 6.45) is 2.05. The molecule has 1 amide bonds. The second-order valence-electron chi connectivity index (χ2n) is 4.24. The molecule has 94 valence electrons. The predicted octanol–water partition coefficient (Wildman–Crippen LogP) is 2.13. The SMILES string of the molecule is CC(N)CCNC(=O)CCc1ccc(Cl)cc1. The molecule has 1 unspecified atom stereocenters. The van der Waals surface area contributed by atoms with Gasteiger partial charge >= 0.3 is 0 Å². The largest absolute Gasteiger partial charge is 0.356 e. The molecule has 0 aliphatic rings. The van der Waals surface area contributed by atoms with Crippen LogP contribution in [0.3, 0.4) is 0 Å². The lowest BCUT2D eigenvalue weighted by Gasteiger charge is -2.07. The fourth-order valence-electron chi connectivity index (χ4n) is 1.44. The highest BCUT2D eigenvalue weighted by atomic mass is 35.5. The van der Waals surface area contributed by atoms with Crippen LogP contribution >= 0.6 is 11.6 Å². The highest BCUT2D eigenvalue weighted by Crippen LogP contribution is 2.10. The van der Waals surface area contributed by atoms with Crippen LogP contribution in [-0.4, -0.2) is 18.5 Å². The van der Waals surface area contributed by atoms with Gasteiger partial charge in [-0.1, -0.05) is 23.7 Å². The van der Waals surface area contributed by atoms with Crippen molar-refractivity contribution in [2.24, 2.45) is 5.73 Å². The average molecular weight is 255 g/mol. The smallest absolute Gasteiger partial charge is 0.220 e. The molecule has 17 heavy (non-hydrogen) atoms. The number of benzene rings is 1. The van der Waals surface area contributed by atoms with Crippen molar-refractivity contribution < 1.29 is 4.79 Å². The van der Waals surface area contributed by atoms with Crippen LogP contribution in [0.4, 0.5) is 0 Å². The third-order valence-corrected chi connectivity index (χ3v) is 2.73. The zero-order chi connectivity index (χ0) is 12.7. The highest BCUT2D eigenvalue weighted by Gasteiger charge is 2.02. The molecule has 0 spiro atoms. The third kappa shape index (κ3) is 6.29. The fraction of sp³-hybridized carbons (Fsp3) is 0.462. The molecule has 1 rings (SSSR count). The number of carbonyl (C=O) groups excluding carboxylic acids is 1. The molecule has 3 nitrogen and oxygen atoms in total. The van der Waals surface area contributed by atoms with Crippen molar-refractivity contribution in [3.63, 3.8) is 0 Å². The van der Waals surface area contributed by atoms with Crippen LogP contribution in [0.25, 0.3) is 0 Å². The van der Waals surface area contributed by atoms with E-state index in [1.54, 1.807) is 0 Å². The van der Waals surface area contributed by atoms with Crippen molar-refractivity contribution in [3.05, 3.63) is 34.9 Å². The van der Waals surface area contributed by atoms with Gasteiger partial charge in [0.2, 0.25) is 5.91 Å². The summed E-state index contributed by atoms with van der Waals surface area (Å²) in [6.45, 7) is 2.58. The van der Waals surface area contributed by atoms with Gasteiger partial charge in [-0.25, -0.2) is 0 Å². The summed E-state index contributed by atoms with van der Waals surface area (Å²) in [7, 11) is 0. The molecule has 0 saturated carbocycles. The monoisotopic (exact) mass is 254 g/mol. The molecule has 0 aliphatic carbocycles. The van der Waals surface area contributed by atoms with E-state index < -0.39 is 0 Å². The minimum absolute atomic E-state index is 0.0700. The van der Waals surface area contributed by atoms with Gasteiger partial charge in [0, 0.05) is 24.0 Å². The number of rotatable bonds is 6. The molecule has 0 radical (unpaired) electrons. The molecule has 0 bridgehead atoms. The summed E-state index contributed by atoms with van der Waals surface area (Å²) in [6, 6.07) is 7.69. The fourth-order valence-corrected chi connectivity index (χ4v) is 1.56. The highest BCUT2D eigenvalue weighted by molar-refractivity contribution is 6.30. The number of halogens is 1. The van der Waals surface area contributed by atoms with Crippen molar-refractivity contribution >= 4 is 17.5 Å². The van der Waals surface area contributed by atoms with Gasteiger partial charge in [-0.15, -0.1) is 0 Å². The van der Waals surface area contributed by atoms with E-state index in [2.05, 4.69) is 5.32 Å². The molecule has 1 aromatic carbocycles. The van der Waals surface area contributed by atoms with E-state index in [4.69, 9.17) is 17.3 Å². The molecule has 0 fully saturated rings. The first-order valence-electron chi connectivity index (χ1n) is 5.84. The summed E-state index contributed by atoms with van der Waals surface area (Å²) in [5.74, 6) is 0.0700. The first kappa shape index (κ1) is 14.0. The number of amides is 1. The van der Waals surface area contributed by atoms with Crippen LogP contribution in [0.1, 0.15) is 25.3 Å². The molecule has 1 aromatic rings. The summed E-state index contributed by atoms with van der Waals surface area (Å²) in [5, 5.41) is 3.57. The van der Waals surface area contributed by atoms with Gasteiger partial charge in [0.1, 0.15) is 0 Å². The van der Waals surface area contributed by atoms with Crippen LogP contribution < -0.4 is 11.1 Å². The quantitative estimate of drug-likeness (QED) is 0.817. The number of nitrogens with two attached hydrogens (primary N) is 1. The van der Waals surface area contributed by atoms with E-state index in [0.717, 1.165) is 23.4 Å². The lowest BCUT2D eigenvalue weighted by atomic mass is 10.1. The number of nitrogens with one attached hydrogen (secondary N) is 1. The molecular weight excluding hydrogens is 236 g/mol. The Hall–Kier alpha value is -1.06. The molecule has 0 heterocycles. The maximum atomic E-state index is 11.5. The van der Waals surface area contributed by atoms with E-state index in [1.807, 2.05) is 31.2 Å². The second kappa shape index (κ2) is 7.30. The lowest BCUT2D eigenvalue weighted by Crippen LogP contribution is -2.29. The number of carbonyl (C=O) groups is 1. The Morgan fingerprint density at radius 3 is 2.65 bits per heavy atom. The van der Waals surface area contributed by atoms with Gasteiger partial charge in [0.05, 0.1) is 0 Å². The van der Waals surface area contributed by atoms with E-state index in [0.29, 0.717) is 13.0 Å². The third-order valence-electron chi connectivity index (χ3n) is 2.48. The Labute approximate surface area is 107 Å². The zero-order valence-corrected chi connectivity index (χ0v) is 10.8. The van der Waals surface area contributed by atoms with Crippen LogP contribution in [0.15, 0.2) is 24.3 Å². The average Bonchev–Trinajstić information content (AvgIpc) is 2.28. The first-order valence-corrected chi connectivity index (χ1v) is 6.22. The van der Waals surface area contributed by atoms with Crippen LogP contribution in [-0.2, 0) is 11.2 Å². The van der Waals surface area contributed by atoms with Crippen LogP contribution in [0.5, 0.6) is 0 Å². The van der Waals surface area contributed by atoms with Crippen molar-refractivity contribution in [1.29, 1.82) is 0 Å². The molecule has 1 atom stereocenters. The normalized spacial score (nSPS) is 12.2. The molecule has 0 aliphatic heterocycles. The zero-order valence-electron chi connectivity index (χ0n) is 10.1. The van der Waals surface area contributed by atoms with E-state index in [1.165, 1.54) is 0 Å². The Morgan fingerprint density at radius 1 is 1.41 bits per heavy atom. The number of hydrogen-bond acceptors (Lipinski definition) is 2. The summed E-state index contributed by atoms with van der Waals surface area (Å²) < 4.78 is 0. The van der Waals surface area contributed by atoms with Gasteiger partial charge in [0.25, 0.3) is 0 Å². The predicted molar refractivity (Wildman–Crippen MR) is 71.0 cm³/mol. The van der Waals surface area contributed by atoms with Gasteiger partial charge in [-0.2, -0.15) is 0 Å². The van der Waals surface area contributed by atoms with Gasteiger partial charge < -0.3 is 11.1 Å². The molecule has 4 heteroatoms. The number of hydrogen-bond donors (Lipinski definition) is 2. The van der Waals surface area contributed by atoms with E-state index >= 15 is 0 Å². The van der Waals surface area contributed by atoms with Crippen molar-refractivity contribution in [1.82, 2.24) is 5.32 Å². The van der Waals surface area contributed by atoms with Gasteiger partial charge in [-0.05, 0) is 37.5 Å². The van der Waals surface area contributed by atoms with Crippen molar-refractivity contribution in [3.8, 4) is 0 Å². The Kier molecular flexibility index (Phi) is 6.01. The Morgan fingerprint density at radius 2 is 2.06 bits per heavy atom. The lowest BCUT2D eigenvalue weighted by molar-refractivity contribution is -0.121. The van der Waals surface area contributed by atoms with Gasteiger partial charge in [-0.3, -0.25) is 4.79 Å². The second-order valence-corrected chi connectivity index (χ2v) is 4.68. The minimum Gasteiger partial charge on any atom is -0.356 e. The number of aryl methyl sites for hydroxylation is 1. The summed E-state index contributed by atoms with van der Waals surface area (Å²) >= 11 is 5.78. The molecule has 0 saturated heterocycles. The van der Waals surface area contributed by atoms with Crippen LogP contribution in [0, 0.1) is 0 Å². The topological polar surface area (TPSA) is 55.1 Å². The molecular formula is C13H19ClN2O. The summed E-state index contributed by atoms with van der Waals surface area (Å²) in [4.78, 5) is 11.5. The van der Waals surface area contributed by atoms with E-state index in [-0.39, 0.29) is 11.9 Å². The molecule has 0 aromatic heterocycles. The molecule has 3 N–H and O–H groups in total. The standard InChI is InChI=1S/C13H19ClN2O/c1-10(15)8-9-16-13(17)7-4-11-2-5-12(14)6-3-11/h2-3,5-6,10H,4,7-9,15H2,1H3,(H,16,17). The maximum absolute atomic E-state index is 11.5. The van der Waals surface area contributed by atoms with Gasteiger partial charge in [0.15, 0.2) is 0 Å².